The molecular formula is C15H21N3O3S. The Labute approximate surface area is 134 Å². The summed E-state index contributed by atoms with van der Waals surface area (Å²) in [6.07, 6.45) is 0.243. The molecule has 1 aromatic rings. The molecule has 0 bridgehead atoms. The van der Waals surface area contributed by atoms with Gasteiger partial charge in [0.1, 0.15) is 15.9 Å². The highest BCUT2D eigenvalue weighted by Crippen LogP contribution is 2.32. The van der Waals surface area contributed by atoms with Gasteiger partial charge in [-0.15, -0.1) is 11.3 Å². The maximum Gasteiger partial charge on any atom is 0.348 e. The number of nitrogen functional groups attached to an aromatic ring is 1. The summed E-state index contributed by atoms with van der Waals surface area (Å²) in [4.78, 5) is 14.7. The highest BCUT2D eigenvalue weighted by atomic mass is 32.1. The summed E-state index contributed by atoms with van der Waals surface area (Å²) in [6, 6.07) is 2.11. The number of rotatable bonds is 4. The Morgan fingerprint density at radius 2 is 2.14 bits per heavy atom. The number of carbonyl (C=O) groups is 1. The normalized spacial score (nSPS) is 22.3. The van der Waals surface area contributed by atoms with Gasteiger partial charge in [0.05, 0.1) is 24.4 Å². The third-order valence-corrected chi connectivity index (χ3v) is 4.53. The van der Waals surface area contributed by atoms with Gasteiger partial charge in [-0.3, -0.25) is 4.90 Å². The molecule has 120 valence electrons. The third kappa shape index (κ3) is 3.58. The van der Waals surface area contributed by atoms with E-state index in [1.165, 1.54) is 0 Å². The van der Waals surface area contributed by atoms with Crippen molar-refractivity contribution in [2.24, 2.45) is 0 Å². The predicted octanol–water partition coefficient (Wildman–Crippen LogP) is 1.99. The Morgan fingerprint density at radius 1 is 1.50 bits per heavy atom. The maximum atomic E-state index is 12.1. The minimum Gasteiger partial charge on any atom is -0.462 e. The summed E-state index contributed by atoms with van der Waals surface area (Å²) in [6.45, 7) is 8.10. The average molecular weight is 323 g/mol. The van der Waals surface area contributed by atoms with E-state index in [-0.39, 0.29) is 12.2 Å². The van der Waals surface area contributed by atoms with E-state index < -0.39 is 5.97 Å². The number of esters is 1. The molecule has 7 heteroatoms. The Balaban J connectivity index is 2.28. The molecule has 1 aromatic heterocycles. The van der Waals surface area contributed by atoms with Crippen LogP contribution in [0, 0.1) is 11.3 Å². The molecule has 1 saturated heterocycles. The van der Waals surface area contributed by atoms with Crippen molar-refractivity contribution in [3.8, 4) is 6.07 Å². The van der Waals surface area contributed by atoms with Crippen LogP contribution in [0.25, 0.3) is 0 Å². The van der Waals surface area contributed by atoms with E-state index in [2.05, 4.69) is 11.0 Å². The second-order valence-electron chi connectivity index (χ2n) is 5.43. The zero-order valence-corrected chi connectivity index (χ0v) is 13.9. The molecule has 2 rings (SSSR count). The standard InChI is InChI=1S/C15H21N3O3S/c1-4-20-15(19)13-12(11(5-16)14(17)22-13)8-18-6-9(2)21-10(3)7-18/h9-10H,4,6-8,17H2,1-3H3. The van der Waals surface area contributed by atoms with E-state index >= 15 is 0 Å². The lowest BCUT2D eigenvalue weighted by molar-refractivity contribution is -0.0705. The Kier molecular flexibility index (Phi) is 5.40. The van der Waals surface area contributed by atoms with Gasteiger partial charge < -0.3 is 15.2 Å². The molecule has 0 radical (unpaired) electrons. The van der Waals surface area contributed by atoms with Gasteiger partial charge >= 0.3 is 5.97 Å². The third-order valence-electron chi connectivity index (χ3n) is 3.48. The van der Waals surface area contributed by atoms with Crippen molar-refractivity contribution in [2.45, 2.75) is 39.5 Å². The van der Waals surface area contributed by atoms with Crippen LogP contribution in [-0.4, -0.2) is 42.8 Å². The molecule has 1 aliphatic rings. The lowest BCUT2D eigenvalue weighted by atomic mass is 10.1. The number of nitriles is 1. The van der Waals surface area contributed by atoms with Crippen molar-refractivity contribution in [2.75, 3.05) is 25.4 Å². The fourth-order valence-electron chi connectivity index (χ4n) is 2.76. The molecule has 0 spiro atoms. The summed E-state index contributed by atoms with van der Waals surface area (Å²) in [5.74, 6) is -0.412. The summed E-state index contributed by atoms with van der Waals surface area (Å²) < 4.78 is 10.8. The zero-order valence-electron chi connectivity index (χ0n) is 13.1. The number of anilines is 1. The van der Waals surface area contributed by atoms with Crippen LogP contribution in [-0.2, 0) is 16.0 Å². The van der Waals surface area contributed by atoms with Crippen molar-refractivity contribution in [3.05, 3.63) is 16.0 Å². The molecular weight excluding hydrogens is 302 g/mol. The van der Waals surface area contributed by atoms with Crippen molar-refractivity contribution in [1.29, 1.82) is 5.26 Å². The van der Waals surface area contributed by atoms with E-state index in [0.717, 1.165) is 24.4 Å². The first kappa shape index (κ1) is 16.7. The molecule has 0 amide bonds. The molecule has 0 aliphatic carbocycles. The Bertz CT molecular complexity index is 584. The van der Waals surface area contributed by atoms with E-state index in [1.807, 2.05) is 13.8 Å². The summed E-state index contributed by atoms with van der Waals surface area (Å²) in [5.41, 5.74) is 6.95. The quantitative estimate of drug-likeness (QED) is 0.852. The number of hydrogen-bond donors (Lipinski definition) is 1. The highest BCUT2D eigenvalue weighted by molar-refractivity contribution is 7.18. The topological polar surface area (TPSA) is 88.6 Å². The van der Waals surface area contributed by atoms with Gasteiger partial charge in [0, 0.05) is 25.2 Å². The van der Waals surface area contributed by atoms with Crippen LogP contribution >= 0.6 is 11.3 Å². The number of morpholine rings is 1. The van der Waals surface area contributed by atoms with Gasteiger partial charge in [-0.1, -0.05) is 0 Å². The van der Waals surface area contributed by atoms with Gasteiger partial charge in [-0.2, -0.15) is 5.26 Å². The molecule has 22 heavy (non-hydrogen) atoms. The van der Waals surface area contributed by atoms with E-state index in [0.29, 0.717) is 34.2 Å². The van der Waals surface area contributed by atoms with Crippen molar-refractivity contribution < 1.29 is 14.3 Å². The van der Waals surface area contributed by atoms with Gasteiger partial charge in [0.25, 0.3) is 0 Å². The van der Waals surface area contributed by atoms with Crippen LogP contribution in [0.4, 0.5) is 5.00 Å². The fraction of sp³-hybridized carbons (Fsp3) is 0.600. The summed E-state index contributed by atoms with van der Waals surface area (Å²) >= 11 is 1.13. The number of nitrogens with two attached hydrogens (primary N) is 1. The second-order valence-corrected chi connectivity index (χ2v) is 6.48. The van der Waals surface area contributed by atoms with Gasteiger partial charge in [-0.05, 0) is 20.8 Å². The fourth-order valence-corrected chi connectivity index (χ4v) is 3.68. The SMILES string of the molecule is CCOC(=O)c1sc(N)c(C#N)c1CN1CC(C)OC(C)C1. The van der Waals surface area contributed by atoms with Crippen molar-refractivity contribution in [3.63, 3.8) is 0 Å². The first-order valence-corrected chi connectivity index (χ1v) is 8.14. The monoisotopic (exact) mass is 323 g/mol. The van der Waals surface area contributed by atoms with Crippen molar-refractivity contribution >= 4 is 22.3 Å². The number of ether oxygens (including phenoxy) is 2. The number of thiophene rings is 1. The smallest absolute Gasteiger partial charge is 0.348 e. The van der Waals surface area contributed by atoms with E-state index in [9.17, 15) is 10.1 Å². The number of nitrogens with zero attached hydrogens (tertiary/aromatic N) is 2. The van der Waals surface area contributed by atoms with Crippen LogP contribution in [0.1, 0.15) is 41.6 Å². The summed E-state index contributed by atoms with van der Waals surface area (Å²) in [5, 5.41) is 9.71. The second kappa shape index (κ2) is 7.09. The van der Waals surface area contributed by atoms with E-state index in [4.69, 9.17) is 15.2 Å². The van der Waals surface area contributed by atoms with Crippen LogP contribution in [0.2, 0.25) is 0 Å². The minimum atomic E-state index is -0.412. The van der Waals surface area contributed by atoms with Crippen LogP contribution in [0.3, 0.4) is 0 Å². The minimum absolute atomic E-state index is 0.122. The molecule has 1 aliphatic heterocycles. The Morgan fingerprint density at radius 3 is 2.68 bits per heavy atom. The zero-order chi connectivity index (χ0) is 16.3. The van der Waals surface area contributed by atoms with Gasteiger partial charge in [0.2, 0.25) is 0 Å². The predicted molar refractivity (Wildman–Crippen MR) is 84.7 cm³/mol. The first-order valence-electron chi connectivity index (χ1n) is 7.32. The molecule has 2 unspecified atom stereocenters. The first-order chi connectivity index (χ1) is 10.5. The van der Waals surface area contributed by atoms with Crippen molar-refractivity contribution in [1.82, 2.24) is 4.90 Å². The van der Waals surface area contributed by atoms with E-state index in [1.54, 1.807) is 6.92 Å². The lowest BCUT2D eigenvalue weighted by Gasteiger charge is -2.35. The highest BCUT2D eigenvalue weighted by Gasteiger charge is 2.28. The average Bonchev–Trinajstić information content (AvgIpc) is 2.74. The van der Waals surface area contributed by atoms with Crippen LogP contribution in [0.5, 0.6) is 0 Å². The molecule has 0 aromatic carbocycles. The number of carbonyl (C=O) groups excluding carboxylic acids is 1. The molecule has 1 fully saturated rings. The largest absolute Gasteiger partial charge is 0.462 e. The van der Waals surface area contributed by atoms with Gasteiger partial charge in [-0.25, -0.2) is 4.79 Å². The van der Waals surface area contributed by atoms with Crippen LogP contribution < -0.4 is 5.73 Å². The number of hydrogen-bond acceptors (Lipinski definition) is 7. The van der Waals surface area contributed by atoms with Crippen LogP contribution in [0.15, 0.2) is 0 Å². The molecule has 2 N–H and O–H groups in total. The maximum absolute atomic E-state index is 12.1. The summed E-state index contributed by atoms with van der Waals surface area (Å²) in [7, 11) is 0. The van der Waals surface area contributed by atoms with Gasteiger partial charge in [0.15, 0.2) is 0 Å². The Hall–Kier alpha value is -1.62. The molecule has 2 heterocycles. The molecule has 6 nitrogen and oxygen atoms in total. The molecule has 2 atom stereocenters. The lowest BCUT2D eigenvalue weighted by Crippen LogP contribution is -2.45. The molecule has 0 saturated carbocycles.